The number of nitrogens with zero attached hydrogens (tertiary/aromatic N) is 2. The second kappa shape index (κ2) is 11.0. The molecule has 0 saturated heterocycles. The number of unbranched alkanes of at least 4 members (excludes halogenated alkanes) is 2. The average Bonchev–Trinajstić information content (AvgIpc) is 2.76. The van der Waals surface area contributed by atoms with Gasteiger partial charge in [0.1, 0.15) is 11.4 Å². The maximum atomic E-state index is 13.5. The molecule has 0 bridgehead atoms. The van der Waals surface area contributed by atoms with Crippen molar-refractivity contribution in [2.24, 2.45) is 0 Å². The summed E-state index contributed by atoms with van der Waals surface area (Å²) in [5, 5.41) is 5.80. The van der Waals surface area contributed by atoms with Gasteiger partial charge in [-0.3, -0.25) is 0 Å². The molecule has 0 unspecified atom stereocenters. The molecule has 1 heterocycles. The lowest BCUT2D eigenvalue weighted by atomic mass is 10.1. The molecular weight excluding hydrogens is 413 g/mol. The number of rotatable bonds is 10. The van der Waals surface area contributed by atoms with E-state index in [4.69, 9.17) is 0 Å². The molecule has 0 amide bonds. The zero-order chi connectivity index (χ0) is 23.0. The topological polar surface area (TPSA) is 49.8 Å². The van der Waals surface area contributed by atoms with E-state index in [1.165, 1.54) is 18.4 Å². The summed E-state index contributed by atoms with van der Waals surface area (Å²) in [6, 6.07) is 15.1. The van der Waals surface area contributed by atoms with Crippen molar-refractivity contribution in [1.29, 1.82) is 0 Å². The van der Waals surface area contributed by atoms with E-state index in [-0.39, 0.29) is 11.8 Å². The Morgan fingerprint density at radius 2 is 1.34 bits per heavy atom. The van der Waals surface area contributed by atoms with Gasteiger partial charge >= 0.3 is 6.18 Å². The van der Waals surface area contributed by atoms with Crippen molar-refractivity contribution in [2.75, 3.05) is 10.6 Å². The molecule has 0 aliphatic heterocycles. The number of anilines is 4. The first-order valence-corrected chi connectivity index (χ1v) is 11.0. The number of aryl methyl sites for hydroxylation is 2. The SMILES string of the molecule is CCCCCc1ccc(Nc2ncc(C(F)(F)F)c(Nc3ccc(CCC)cc3)n2)cc1. The van der Waals surface area contributed by atoms with Gasteiger partial charge in [0.25, 0.3) is 0 Å². The van der Waals surface area contributed by atoms with E-state index in [2.05, 4.69) is 34.4 Å². The normalized spacial score (nSPS) is 11.4. The van der Waals surface area contributed by atoms with Crippen LogP contribution in [0.5, 0.6) is 0 Å². The van der Waals surface area contributed by atoms with Crippen LogP contribution >= 0.6 is 0 Å². The van der Waals surface area contributed by atoms with E-state index in [1.54, 1.807) is 12.1 Å². The van der Waals surface area contributed by atoms with Gasteiger partial charge in [-0.1, -0.05) is 57.4 Å². The average molecular weight is 443 g/mol. The zero-order valence-electron chi connectivity index (χ0n) is 18.5. The third kappa shape index (κ3) is 6.70. The monoisotopic (exact) mass is 442 g/mol. The third-order valence-corrected chi connectivity index (χ3v) is 5.13. The Balaban J connectivity index is 1.77. The second-order valence-corrected chi connectivity index (χ2v) is 7.80. The van der Waals surface area contributed by atoms with Gasteiger partial charge in [0, 0.05) is 17.6 Å². The highest BCUT2D eigenvalue weighted by molar-refractivity contribution is 5.63. The molecule has 0 saturated carbocycles. The number of alkyl halides is 3. The van der Waals surface area contributed by atoms with E-state index >= 15 is 0 Å². The summed E-state index contributed by atoms with van der Waals surface area (Å²) in [4.78, 5) is 8.00. The van der Waals surface area contributed by atoms with Gasteiger partial charge < -0.3 is 10.6 Å². The first-order valence-electron chi connectivity index (χ1n) is 11.0. The lowest BCUT2D eigenvalue weighted by molar-refractivity contribution is -0.137. The number of aromatic nitrogens is 2. The largest absolute Gasteiger partial charge is 0.421 e. The summed E-state index contributed by atoms with van der Waals surface area (Å²) < 4.78 is 40.5. The molecular formula is C25H29F3N4. The minimum absolute atomic E-state index is 0.0989. The fourth-order valence-corrected chi connectivity index (χ4v) is 3.39. The molecule has 0 aliphatic rings. The molecule has 0 fully saturated rings. The van der Waals surface area contributed by atoms with Crippen molar-refractivity contribution in [3.63, 3.8) is 0 Å². The number of hydrogen-bond donors (Lipinski definition) is 2. The van der Waals surface area contributed by atoms with Crippen LogP contribution in [0.1, 0.15) is 56.2 Å². The molecule has 3 aromatic rings. The van der Waals surface area contributed by atoms with Crippen LogP contribution in [0.25, 0.3) is 0 Å². The van der Waals surface area contributed by atoms with Crippen LogP contribution in [0, 0.1) is 0 Å². The van der Waals surface area contributed by atoms with Gasteiger partial charge in [-0.2, -0.15) is 18.2 Å². The summed E-state index contributed by atoms with van der Waals surface area (Å²) in [6.07, 6.45) is 2.68. The van der Waals surface area contributed by atoms with Gasteiger partial charge in [-0.05, 0) is 54.7 Å². The first kappa shape index (κ1) is 23.6. The van der Waals surface area contributed by atoms with Crippen molar-refractivity contribution in [2.45, 2.75) is 58.5 Å². The molecule has 2 aromatic carbocycles. The van der Waals surface area contributed by atoms with Gasteiger partial charge in [0.15, 0.2) is 0 Å². The molecule has 32 heavy (non-hydrogen) atoms. The van der Waals surface area contributed by atoms with Crippen LogP contribution in [0.15, 0.2) is 54.7 Å². The van der Waals surface area contributed by atoms with Crippen LogP contribution in [-0.4, -0.2) is 9.97 Å². The van der Waals surface area contributed by atoms with Crippen molar-refractivity contribution >= 4 is 23.1 Å². The van der Waals surface area contributed by atoms with Crippen LogP contribution < -0.4 is 10.6 Å². The molecule has 2 N–H and O–H groups in total. The highest BCUT2D eigenvalue weighted by Gasteiger charge is 2.35. The fraction of sp³-hybridized carbons (Fsp3) is 0.360. The maximum absolute atomic E-state index is 13.5. The maximum Gasteiger partial charge on any atom is 0.421 e. The van der Waals surface area contributed by atoms with E-state index in [9.17, 15) is 13.2 Å². The smallest absolute Gasteiger partial charge is 0.340 e. The summed E-state index contributed by atoms with van der Waals surface area (Å²) in [5.41, 5.74) is 2.71. The van der Waals surface area contributed by atoms with Gasteiger partial charge in [-0.15, -0.1) is 0 Å². The Hall–Kier alpha value is -3.09. The Bertz CT molecular complexity index is 984. The predicted octanol–water partition coefficient (Wildman–Crippen LogP) is 7.67. The highest BCUT2D eigenvalue weighted by atomic mass is 19.4. The van der Waals surface area contributed by atoms with Gasteiger partial charge in [0.05, 0.1) is 0 Å². The van der Waals surface area contributed by atoms with E-state index < -0.39 is 11.7 Å². The molecule has 7 heteroatoms. The molecule has 0 spiro atoms. The number of benzene rings is 2. The summed E-state index contributed by atoms with van der Waals surface area (Å²) >= 11 is 0. The van der Waals surface area contributed by atoms with Crippen molar-refractivity contribution in [3.8, 4) is 0 Å². The van der Waals surface area contributed by atoms with Crippen LogP contribution in [0.3, 0.4) is 0 Å². The van der Waals surface area contributed by atoms with Crippen molar-refractivity contribution in [1.82, 2.24) is 9.97 Å². The lowest BCUT2D eigenvalue weighted by Gasteiger charge is -2.15. The molecule has 3 rings (SSSR count). The van der Waals surface area contributed by atoms with Crippen LogP contribution in [-0.2, 0) is 19.0 Å². The van der Waals surface area contributed by atoms with Gasteiger partial charge in [0.2, 0.25) is 5.95 Å². The second-order valence-electron chi connectivity index (χ2n) is 7.80. The quantitative estimate of drug-likeness (QED) is 0.316. The van der Waals surface area contributed by atoms with E-state index in [0.29, 0.717) is 5.69 Å². The lowest BCUT2D eigenvalue weighted by Crippen LogP contribution is -2.12. The van der Waals surface area contributed by atoms with Crippen LogP contribution in [0.2, 0.25) is 0 Å². The summed E-state index contributed by atoms with van der Waals surface area (Å²) in [7, 11) is 0. The Kier molecular flexibility index (Phi) is 8.09. The number of halogens is 3. The fourth-order valence-electron chi connectivity index (χ4n) is 3.39. The summed E-state index contributed by atoms with van der Waals surface area (Å²) in [6.45, 7) is 4.25. The molecule has 170 valence electrons. The highest BCUT2D eigenvalue weighted by Crippen LogP contribution is 2.35. The molecule has 0 radical (unpaired) electrons. The third-order valence-electron chi connectivity index (χ3n) is 5.13. The molecule has 4 nitrogen and oxygen atoms in total. The Labute approximate surface area is 187 Å². The standard InChI is InChI=1S/C25H29F3N4/c1-3-5-6-8-19-11-15-21(16-12-19)31-24-29-17-22(25(26,27)28)23(32-24)30-20-13-9-18(7-4-2)10-14-20/h9-17H,3-8H2,1-2H3,(H2,29,30,31,32). The predicted molar refractivity (Wildman–Crippen MR) is 124 cm³/mol. The first-order chi connectivity index (χ1) is 15.4. The van der Waals surface area contributed by atoms with Crippen molar-refractivity contribution < 1.29 is 13.2 Å². The van der Waals surface area contributed by atoms with Crippen LogP contribution in [0.4, 0.5) is 36.3 Å². The number of hydrogen-bond acceptors (Lipinski definition) is 4. The molecule has 0 atom stereocenters. The molecule has 0 aliphatic carbocycles. The molecule has 1 aromatic heterocycles. The minimum atomic E-state index is -4.57. The van der Waals surface area contributed by atoms with E-state index in [1.807, 2.05) is 36.4 Å². The Morgan fingerprint density at radius 3 is 1.91 bits per heavy atom. The summed E-state index contributed by atoms with van der Waals surface area (Å²) in [5.74, 6) is -0.184. The van der Waals surface area contributed by atoms with Gasteiger partial charge in [-0.25, -0.2) is 4.98 Å². The van der Waals surface area contributed by atoms with E-state index in [0.717, 1.165) is 43.1 Å². The van der Waals surface area contributed by atoms with Crippen molar-refractivity contribution in [3.05, 3.63) is 71.4 Å². The number of nitrogens with one attached hydrogen (secondary N) is 2. The minimum Gasteiger partial charge on any atom is -0.340 e. The Morgan fingerprint density at radius 1 is 0.750 bits per heavy atom. The zero-order valence-corrected chi connectivity index (χ0v) is 18.5.